The summed E-state index contributed by atoms with van der Waals surface area (Å²) in [5.74, 6) is 2.87. The van der Waals surface area contributed by atoms with Crippen LogP contribution >= 0.6 is 0 Å². The van der Waals surface area contributed by atoms with Gasteiger partial charge in [0, 0.05) is 0 Å². The third-order valence-electron chi connectivity index (χ3n) is 12.5. The zero-order valence-electron chi connectivity index (χ0n) is 21.0. The summed E-state index contributed by atoms with van der Waals surface area (Å²) in [4.78, 5) is 0. The van der Waals surface area contributed by atoms with Crippen LogP contribution < -0.4 is 0 Å². The lowest BCUT2D eigenvalue weighted by atomic mass is 9.36. The van der Waals surface area contributed by atoms with Gasteiger partial charge in [0.05, 0.1) is 6.10 Å². The molecule has 1 nitrogen and oxygen atoms in total. The average Bonchev–Trinajstić information content (AvgIpc) is 2.67. The van der Waals surface area contributed by atoms with Crippen molar-refractivity contribution in [3.8, 4) is 0 Å². The second-order valence-corrected chi connectivity index (χ2v) is 14.4. The van der Waals surface area contributed by atoms with E-state index in [-0.39, 0.29) is 6.10 Å². The van der Waals surface area contributed by atoms with Crippen LogP contribution in [0.15, 0.2) is 11.6 Å². The maximum absolute atomic E-state index is 10.7. The number of allylic oxidation sites excluding steroid dienone is 2. The van der Waals surface area contributed by atoms with Crippen molar-refractivity contribution in [3.05, 3.63) is 11.6 Å². The van der Waals surface area contributed by atoms with Crippen LogP contribution in [0.2, 0.25) is 0 Å². The van der Waals surface area contributed by atoms with Gasteiger partial charge in [0.2, 0.25) is 0 Å². The standard InChI is InChI=1S/C29H48O/c1-19-22(30)8-9-23-27(19,5)13-11-21-20-10-12-26(4)15-14-25(2,3)18-24(26)29(20,7)17-16-28(21,23)6/h10,19,21-24,30H,8-9,11-18H2,1-7H3/t19-,21+,22-,23+,24+,26-,27+,28+,29+/m0/s1. The largest absolute Gasteiger partial charge is 0.393 e. The Hall–Kier alpha value is -0.300. The van der Waals surface area contributed by atoms with E-state index in [1.165, 1.54) is 57.8 Å². The maximum Gasteiger partial charge on any atom is 0.0571 e. The smallest absolute Gasteiger partial charge is 0.0571 e. The molecular weight excluding hydrogens is 364 g/mol. The molecule has 4 saturated carbocycles. The van der Waals surface area contributed by atoms with Crippen LogP contribution in [0.4, 0.5) is 0 Å². The summed E-state index contributed by atoms with van der Waals surface area (Å²) in [6, 6.07) is 0. The molecule has 30 heavy (non-hydrogen) atoms. The predicted molar refractivity (Wildman–Crippen MR) is 126 cm³/mol. The second kappa shape index (κ2) is 6.39. The predicted octanol–water partition coefficient (Wildman–Crippen LogP) is 7.78. The lowest BCUT2D eigenvalue weighted by molar-refractivity contribution is -0.164. The van der Waals surface area contributed by atoms with Crippen molar-refractivity contribution in [1.29, 1.82) is 0 Å². The Labute approximate surface area is 186 Å². The maximum atomic E-state index is 10.7. The van der Waals surface area contributed by atoms with Gasteiger partial charge in [0.1, 0.15) is 0 Å². The van der Waals surface area contributed by atoms with Gasteiger partial charge in [-0.05, 0) is 115 Å². The van der Waals surface area contributed by atoms with E-state index in [4.69, 9.17) is 0 Å². The van der Waals surface area contributed by atoms with Crippen LogP contribution in [0.25, 0.3) is 0 Å². The summed E-state index contributed by atoms with van der Waals surface area (Å²) >= 11 is 0. The third kappa shape index (κ3) is 2.69. The monoisotopic (exact) mass is 412 g/mol. The molecular formula is C29H48O. The molecule has 0 bridgehead atoms. The molecule has 5 aliphatic carbocycles. The molecule has 0 saturated heterocycles. The molecule has 0 aliphatic heterocycles. The molecule has 1 N–H and O–H groups in total. The Balaban J connectivity index is 1.53. The molecule has 0 aromatic rings. The summed E-state index contributed by atoms with van der Waals surface area (Å²) in [5.41, 5.74) is 4.10. The molecule has 0 aromatic carbocycles. The van der Waals surface area contributed by atoms with Gasteiger partial charge < -0.3 is 5.11 Å². The minimum absolute atomic E-state index is 0.0840. The Bertz CT molecular complexity index is 749. The van der Waals surface area contributed by atoms with Crippen LogP contribution in [-0.4, -0.2) is 11.2 Å². The number of aliphatic hydroxyl groups excluding tert-OH is 1. The number of hydrogen-bond acceptors (Lipinski definition) is 1. The first-order chi connectivity index (χ1) is 13.9. The van der Waals surface area contributed by atoms with Crippen LogP contribution in [-0.2, 0) is 0 Å². The zero-order chi connectivity index (χ0) is 21.7. The van der Waals surface area contributed by atoms with Gasteiger partial charge in [0.15, 0.2) is 0 Å². The quantitative estimate of drug-likeness (QED) is 0.403. The molecule has 0 unspecified atom stereocenters. The van der Waals surface area contributed by atoms with Crippen LogP contribution in [0.5, 0.6) is 0 Å². The molecule has 5 rings (SSSR count). The van der Waals surface area contributed by atoms with Gasteiger partial charge in [0.25, 0.3) is 0 Å². The average molecular weight is 413 g/mol. The topological polar surface area (TPSA) is 20.2 Å². The Morgan fingerprint density at radius 2 is 1.53 bits per heavy atom. The van der Waals surface area contributed by atoms with Crippen molar-refractivity contribution in [2.45, 2.75) is 119 Å². The molecule has 170 valence electrons. The molecule has 5 aliphatic rings. The second-order valence-electron chi connectivity index (χ2n) is 14.4. The van der Waals surface area contributed by atoms with Crippen molar-refractivity contribution < 1.29 is 5.11 Å². The highest BCUT2D eigenvalue weighted by Gasteiger charge is 2.64. The van der Waals surface area contributed by atoms with Crippen molar-refractivity contribution in [3.63, 3.8) is 0 Å². The number of aliphatic hydroxyl groups is 1. The van der Waals surface area contributed by atoms with Gasteiger partial charge in [-0.1, -0.05) is 60.1 Å². The lowest BCUT2D eigenvalue weighted by Crippen LogP contribution is -2.61. The van der Waals surface area contributed by atoms with E-state index < -0.39 is 0 Å². The van der Waals surface area contributed by atoms with E-state index in [1.807, 2.05) is 5.57 Å². The van der Waals surface area contributed by atoms with Crippen LogP contribution in [0, 0.1) is 50.7 Å². The van der Waals surface area contributed by atoms with E-state index >= 15 is 0 Å². The third-order valence-corrected chi connectivity index (χ3v) is 12.5. The number of hydrogen-bond donors (Lipinski definition) is 1. The number of rotatable bonds is 0. The minimum atomic E-state index is -0.0840. The summed E-state index contributed by atoms with van der Waals surface area (Å²) in [6.07, 6.45) is 16.0. The summed E-state index contributed by atoms with van der Waals surface area (Å²) in [7, 11) is 0. The lowest BCUT2D eigenvalue weighted by Gasteiger charge is -2.68. The van der Waals surface area contributed by atoms with Crippen LogP contribution in [0.1, 0.15) is 113 Å². The van der Waals surface area contributed by atoms with Crippen molar-refractivity contribution in [1.82, 2.24) is 0 Å². The molecule has 1 heteroatoms. The molecule has 9 atom stereocenters. The van der Waals surface area contributed by atoms with Gasteiger partial charge in [-0.15, -0.1) is 0 Å². The Kier molecular flexibility index (Phi) is 4.59. The molecule has 0 radical (unpaired) electrons. The highest BCUT2D eigenvalue weighted by Crippen LogP contribution is 2.73. The van der Waals surface area contributed by atoms with Crippen molar-refractivity contribution in [2.75, 3.05) is 0 Å². The number of fused-ring (bicyclic) bond motifs is 7. The first-order valence-electron chi connectivity index (χ1n) is 13.2. The highest BCUT2D eigenvalue weighted by atomic mass is 16.3. The first kappa shape index (κ1) is 21.5. The van der Waals surface area contributed by atoms with E-state index in [0.29, 0.717) is 33.0 Å². The fourth-order valence-electron chi connectivity index (χ4n) is 10.1. The Morgan fingerprint density at radius 3 is 2.27 bits per heavy atom. The van der Waals surface area contributed by atoms with Crippen molar-refractivity contribution >= 4 is 0 Å². The van der Waals surface area contributed by atoms with E-state index in [1.54, 1.807) is 0 Å². The van der Waals surface area contributed by atoms with E-state index in [2.05, 4.69) is 54.5 Å². The van der Waals surface area contributed by atoms with Gasteiger partial charge >= 0.3 is 0 Å². The molecule has 0 aromatic heterocycles. The normalized spacial score (nSPS) is 57.3. The minimum Gasteiger partial charge on any atom is -0.393 e. The first-order valence-corrected chi connectivity index (χ1v) is 13.2. The molecule has 0 heterocycles. The summed E-state index contributed by atoms with van der Waals surface area (Å²) < 4.78 is 0. The van der Waals surface area contributed by atoms with E-state index in [9.17, 15) is 5.11 Å². The highest BCUT2D eigenvalue weighted by molar-refractivity contribution is 5.32. The molecule has 0 amide bonds. The zero-order valence-corrected chi connectivity index (χ0v) is 21.0. The van der Waals surface area contributed by atoms with Gasteiger partial charge in [-0.2, -0.15) is 0 Å². The molecule has 0 spiro atoms. The van der Waals surface area contributed by atoms with Gasteiger partial charge in [-0.25, -0.2) is 0 Å². The molecule has 4 fully saturated rings. The SMILES string of the molecule is C[C@H]1[C@@H](O)CC[C@H]2[C@]3(C)CC[C@]4(C)C(=CC[C@@]5(C)CCC(C)(C)C[C@H]54)[C@H]3CC[C@@]21C. The fraction of sp³-hybridized carbons (Fsp3) is 0.931. The summed E-state index contributed by atoms with van der Waals surface area (Å²) in [6.45, 7) is 17.9. The van der Waals surface area contributed by atoms with Crippen molar-refractivity contribution in [2.24, 2.45) is 50.7 Å². The summed E-state index contributed by atoms with van der Waals surface area (Å²) in [5, 5.41) is 10.7. The van der Waals surface area contributed by atoms with Gasteiger partial charge in [-0.3, -0.25) is 0 Å². The van der Waals surface area contributed by atoms with Crippen LogP contribution in [0.3, 0.4) is 0 Å². The Morgan fingerprint density at radius 1 is 0.800 bits per heavy atom. The fourth-order valence-corrected chi connectivity index (χ4v) is 10.1. The van der Waals surface area contributed by atoms with E-state index in [0.717, 1.165) is 24.2 Å².